The maximum absolute atomic E-state index is 12.2. The summed E-state index contributed by atoms with van der Waals surface area (Å²) >= 11 is 0. The zero-order chi connectivity index (χ0) is 13.0. The van der Waals surface area contributed by atoms with E-state index in [1.807, 2.05) is 24.3 Å². The van der Waals surface area contributed by atoms with Crippen LogP contribution in [-0.2, 0) is 9.63 Å². The van der Waals surface area contributed by atoms with Gasteiger partial charge in [-0.25, -0.2) is 0 Å². The van der Waals surface area contributed by atoms with Crippen LogP contribution in [0.4, 0.5) is 5.69 Å². The first-order valence-corrected chi connectivity index (χ1v) is 5.62. The number of fused-ring (bicyclic) bond motifs is 1. The molecule has 1 aliphatic heterocycles. The van der Waals surface area contributed by atoms with E-state index >= 15 is 0 Å². The van der Waals surface area contributed by atoms with E-state index in [4.69, 9.17) is 4.84 Å². The zero-order valence-corrected chi connectivity index (χ0v) is 10.0. The Morgan fingerprint density at radius 3 is 2.78 bits per heavy atom. The highest BCUT2D eigenvalue weighted by atomic mass is 16.6. The summed E-state index contributed by atoms with van der Waals surface area (Å²) in [6.07, 6.45) is 3.26. The normalized spacial score (nSPS) is 15.7. The van der Waals surface area contributed by atoms with E-state index < -0.39 is 0 Å². The summed E-state index contributed by atoms with van der Waals surface area (Å²) in [4.78, 5) is 18.8. The molecule has 18 heavy (non-hydrogen) atoms. The van der Waals surface area contributed by atoms with Crippen molar-refractivity contribution in [3.05, 3.63) is 55.1 Å². The highest BCUT2D eigenvalue weighted by Crippen LogP contribution is 2.28. The fourth-order valence-corrected chi connectivity index (χ4v) is 1.81. The number of benzene rings is 1. The van der Waals surface area contributed by atoms with Gasteiger partial charge in [0.2, 0.25) is 0 Å². The van der Waals surface area contributed by atoms with Crippen molar-refractivity contribution in [1.29, 1.82) is 0 Å². The molecule has 1 aromatic carbocycles. The second-order valence-electron chi connectivity index (χ2n) is 3.75. The van der Waals surface area contributed by atoms with Crippen LogP contribution in [0.1, 0.15) is 5.56 Å². The van der Waals surface area contributed by atoms with E-state index in [2.05, 4.69) is 18.3 Å². The molecule has 0 aliphatic carbocycles. The molecule has 0 N–H and O–H groups in total. The maximum Gasteiger partial charge on any atom is 0.281 e. The van der Waals surface area contributed by atoms with Gasteiger partial charge >= 0.3 is 0 Å². The Bertz CT molecular complexity index is 520. The van der Waals surface area contributed by atoms with Crippen molar-refractivity contribution in [2.24, 2.45) is 5.16 Å². The highest BCUT2D eigenvalue weighted by Gasteiger charge is 2.33. The molecule has 0 saturated carbocycles. The standard InChI is InChI=1S/C14H14N2O2/c1-3-9-16-12-8-6-5-7-11(12)13(14(16)17)15-18-10-4-2/h3-8H,1-2,9-10H2/b15-13+. The number of oxime groups is 1. The molecular weight excluding hydrogens is 228 g/mol. The molecule has 2 rings (SSSR count). The van der Waals surface area contributed by atoms with Crippen LogP contribution in [0.5, 0.6) is 0 Å². The third-order valence-corrected chi connectivity index (χ3v) is 2.56. The zero-order valence-electron chi connectivity index (χ0n) is 10.0. The Labute approximate surface area is 106 Å². The molecule has 0 aromatic heterocycles. The smallest absolute Gasteiger partial charge is 0.281 e. The third kappa shape index (κ3) is 2.05. The third-order valence-electron chi connectivity index (χ3n) is 2.56. The van der Waals surface area contributed by atoms with Crippen molar-refractivity contribution in [2.45, 2.75) is 0 Å². The van der Waals surface area contributed by atoms with Gasteiger partial charge in [-0.2, -0.15) is 0 Å². The Morgan fingerprint density at radius 1 is 1.28 bits per heavy atom. The van der Waals surface area contributed by atoms with Gasteiger partial charge in [-0.15, -0.1) is 6.58 Å². The first-order chi connectivity index (χ1) is 8.79. The van der Waals surface area contributed by atoms with Crippen molar-refractivity contribution in [3.8, 4) is 0 Å². The molecule has 0 saturated heterocycles. The molecule has 1 aromatic rings. The number of para-hydroxylation sites is 1. The van der Waals surface area contributed by atoms with Crippen LogP contribution >= 0.6 is 0 Å². The van der Waals surface area contributed by atoms with Gasteiger partial charge < -0.3 is 9.74 Å². The van der Waals surface area contributed by atoms with Crippen LogP contribution in [0.25, 0.3) is 0 Å². The van der Waals surface area contributed by atoms with Gasteiger partial charge in [-0.1, -0.05) is 42.1 Å². The van der Waals surface area contributed by atoms with Gasteiger partial charge in [-0.3, -0.25) is 4.79 Å². The first kappa shape index (κ1) is 12.1. The summed E-state index contributed by atoms with van der Waals surface area (Å²) in [6.45, 7) is 7.92. The SMILES string of the molecule is C=CCO/N=C1/C(=O)N(CC=C)c2ccccc21. The molecule has 1 heterocycles. The molecule has 0 unspecified atom stereocenters. The van der Waals surface area contributed by atoms with Crippen molar-refractivity contribution in [2.75, 3.05) is 18.1 Å². The summed E-state index contributed by atoms with van der Waals surface area (Å²) in [6, 6.07) is 7.49. The minimum Gasteiger partial charge on any atom is -0.391 e. The maximum atomic E-state index is 12.2. The highest BCUT2D eigenvalue weighted by molar-refractivity contribution is 6.54. The molecule has 1 amide bonds. The average molecular weight is 242 g/mol. The van der Waals surface area contributed by atoms with Crippen molar-refractivity contribution in [3.63, 3.8) is 0 Å². The number of carbonyl (C=O) groups is 1. The van der Waals surface area contributed by atoms with Crippen LogP contribution in [0.2, 0.25) is 0 Å². The van der Waals surface area contributed by atoms with Gasteiger partial charge in [-0.05, 0) is 6.07 Å². The molecule has 0 bridgehead atoms. The van der Waals surface area contributed by atoms with Crippen molar-refractivity contribution < 1.29 is 9.63 Å². The fourth-order valence-electron chi connectivity index (χ4n) is 1.81. The Hall–Kier alpha value is -2.36. The number of rotatable bonds is 5. The predicted molar refractivity (Wildman–Crippen MR) is 71.7 cm³/mol. The largest absolute Gasteiger partial charge is 0.391 e. The lowest BCUT2D eigenvalue weighted by Gasteiger charge is -2.13. The number of carbonyl (C=O) groups excluding carboxylic acids is 1. The molecule has 92 valence electrons. The summed E-state index contributed by atoms with van der Waals surface area (Å²) in [5, 5.41) is 3.89. The quantitative estimate of drug-likeness (QED) is 0.451. The Kier molecular flexibility index (Phi) is 3.57. The molecular formula is C14H14N2O2. The minimum absolute atomic E-state index is 0.167. The van der Waals surface area contributed by atoms with Crippen LogP contribution in [-0.4, -0.2) is 24.8 Å². The molecule has 0 atom stereocenters. The van der Waals surface area contributed by atoms with E-state index in [9.17, 15) is 4.79 Å². The van der Waals surface area contributed by atoms with E-state index in [0.717, 1.165) is 11.3 Å². The molecule has 0 fully saturated rings. The van der Waals surface area contributed by atoms with Gasteiger partial charge in [0, 0.05) is 12.1 Å². The fraction of sp³-hybridized carbons (Fsp3) is 0.143. The lowest BCUT2D eigenvalue weighted by Crippen LogP contribution is -2.30. The first-order valence-electron chi connectivity index (χ1n) is 5.62. The lowest BCUT2D eigenvalue weighted by atomic mass is 10.1. The molecule has 1 aliphatic rings. The van der Waals surface area contributed by atoms with Crippen LogP contribution in [0, 0.1) is 0 Å². The average Bonchev–Trinajstić information content (AvgIpc) is 2.65. The summed E-state index contributed by atoms with van der Waals surface area (Å²) < 4.78 is 0. The number of hydrogen-bond donors (Lipinski definition) is 0. The summed E-state index contributed by atoms with van der Waals surface area (Å²) in [5.41, 5.74) is 1.95. The number of nitrogens with zero attached hydrogens (tertiary/aromatic N) is 2. The Balaban J connectivity index is 2.38. The lowest BCUT2D eigenvalue weighted by molar-refractivity contribution is -0.112. The van der Waals surface area contributed by atoms with E-state index in [0.29, 0.717) is 12.3 Å². The second-order valence-corrected chi connectivity index (χ2v) is 3.75. The van der Waals surface area contributed by atoms with Gasteiger partial charge in [0.1, 0.15) is 6.61 Å². The molecule has 0 spiro atoms. The Morgan fingerprint density at radius 2 is 2.06 bits per heavy atom. The van der Waals surface area contributed by atoms with E-state index in [1.165, 1.54) is 0 Å². The second kappa shape index (κ2) is 5.31. The minimum atomic E-state index is -0.167. The van der Waals surface area contributed by atoms with Crippen LogP contribution in [0.3, 0.4) is 0 Å². The van der Waals surface area contributed by atoms with Gasteiger partial charge in [0.15, 0.2) is 5.71 Å². The number of amides is 1. The number of anilines is 1. The summed E-state index contributed by atoms with van der Waals surface area (Å²) in [5.74, 6) is -0.167. The van der Waals surface area contributed by atoms with Gasteiger partial charge in [0.25, 0.3) is 5.91 Å². The topological polar surface area (TPSA) is 41.9 Å². The summed E-state index contributed by atoms with van der Waals surface area (Å²) in [7, 11) is 0. The van der Waals surface area contributed by atoms with Crippen molar-refractivity contribution >= 4 is 17.3 Å². The van der Waals surface area contributed by atoms with Crippen LogP contribution < -0.4 is 4.90 Å². The molecule has 0 radical (unpaired) electrons. The van der Waals surface area contributed by atoms with E-state index in [1.54, 1.807) is 17.1 Å². The monoisotopic (exact) mass is 242 g/mol. The van der Waals surface area contributed by atoms with Crippen LogP contribution in [0.15, 0.2) is 54.7 Å². The van der Waals surface area contributed by atoms with E-state index in [-0.39, 0.29) is 12.5 Å². The molecule has 4 nitrogen and oxygen atoms in total. The van der Waals surface area contributed by atoms with Gasteiger partial charge in [0.05, 0.1) is 5.69 Å². The van der Waals surface area contributed by atoms with Crippen molar-refractivity contribution in [1.82, 2.24) is 0 Å². The number of hydrogen-bond acceptors (Lipinski definition) is 3. The molecule has 4 heteroatoms. The predicted octanol–water partition coefficient (Wildman–Crippen LogP) is 2.13.